The van der Waals surface area contributed by atoms with Crippen LogP contribution < -0.4 is 29.6 Å². The number of ether oxygens (including phenoxy) is 2. The minimum atomic E-state index is -4.14. The van der Waals surface area contributed by atoms with E-state index in [0.717, 1.165) is 6.07 Å². The smallest absolute Gasteiger partial charge is 0.262 e. The van der Waals surface area contributed by atoms with E-state index in [1.165, 1.54) is 93.6 Å². The largest absolute Gasteiger partial charge is 0.495 e. The van der Waals surface area contributed by atoms with Crippen LogP contribution >= 0.6 is 0 Å². The Kier molecular flexibility index (Phi) is 15.2. The summed E-state index contributed by atoms with van der Waals surface area (Å²) in [6.45, 7) is 7.83. The number of nitrogens with one attached hydrogen (secondary N) is 4. The lowest BCUT2D eigenvalue weighted by Gasteiger charge is -2.26. The fourth-order valence-electron chi connectivity index (χ4n) is 5.64. The second-order valence-electron chi connectivity index (χ2n) is 13.3. The summed E-state index contributed by atoms with van der Waals surface area (Å²) in [6.07, 6.45) is 5.54. The molecule has 14 nitrogen and oxygen atoms in total. The first kappa shape index (κ1) is 44.6. The van der Waals surface area contributed by atoms with Crippen LogP contribution in [0.15, 0.2) is 113 Å². The van der Waals surface area contributed by atoms with E-state index in [2.05, 4.69) is 30.0 Å². The summed E-state index contributed by atoms with van der Waals surface area (Å²) in [7, 11) is -5.25. The Morgan fingerprint density at radius 2 is 1.12 bits per heavy atom. The van der Waals surface area contributed by atoms with E-state index in [4.69, 9.17) is 9.47 Å². The molecule has 4 N–H and O–H groups in total. The Hall–Kier alpha value is -6.14. The third-order valence-corrected chi connectivity index (χ3v) is 11.3. The van der Waals surface area contributed by atoms with Gasteiger partial charge in [-0.15, -0.1) is 0 Å². The van der Waals surface area contributed by atoms with Gasteiger partial charge >= 0.3 is 0 Å². The monoisotopic (exact) mass is 838 g/mol. The minimum absolute atomic E-state index is 0.0608. The van der Waals surface area contributed by atoms with Gasteiger partial charge in [-0.1, -0.05) is 58.0 Å². The Morgan fingerprint density at radius 3 is 1.57 bits per heavy atom. The molecule has 0 atom stereocenters. The predicted molar refractivity (Wildman–Crippen MR) is 215 cm³/mol. The summed E-state index contributed by atoms with van der Waals surface area (Å²) in [5.74, 6) is -1.51. The molecule has 0 saturated heterocycles. The van der Waals surface area contributed by atoms with E-state index in [1.807, 2.05) is 27.7 Å². The van der Waals surface area contributed by atoms with Gasteiger partial charge in [-0.2, -0.15) is 0 Å². The SMILES string of the molecule is COc1cncc(NS(=O)(=O)c2ccccc2C(=O)NC(C(C)C)C(C)C)c1.COc1cncc(NS(=O)(=O)c2ccccc2C(=O)NCc2ccc(F)cc2F)c1. The second-order valence-corrected chi connectivity index (χ2v) is 16.6. The van der Waals surface area contributed by atoms with Gasteiger partial charge in [0.25, 0.3) is 31.9 Å². The van der Waals surface area contributed by atoms with Crippen LogP contribution in [0.3, 0.4) is 0 Å². The third-order valence-electron chi connectivity index (χ3n) is 8.43. The van der Waals surface area contributed by atoms with Crippen LogP contribution in [0.4, 0.5) is 20.2 Å². The third kappa shape index (κ3) is 11.9. The lowest BCUT2D eigenvalue weighted by molar-refractivity contribution is 0.0905. The molecule has 2 aromatic heterocycles. The zero-order valence-electron chi connectivity index (χ0n) is 32.5. The molecule has 0 aliphatic carbocycles. The van der Waals surface area contributed by atoms with Gasteiger partial charge in [0.2, 0.25) is 0 Å². The van der Waals surface area contributed by atoms with Gasteiger partial charge in [-0.3, -0.25) is 29.0 Å². The van der Waals surface area contributed by atoms with Crippen LogP contribution in [0, 0.1) is 23.5 Å². The van der Waals surface area contributed by atoms with Crippen molar-refractivity contribution in [2.24, 2.45) is 11.8 Å². The summed E-state index contributed by atoms with van der Waals surface area (Å²) in [4.78, 5) is 32.9. The Labute approximate surface area is 336 Å². The number of rotatable bonds is 15. The second kappa shape index (κ2) is 19.8. The van der Waals surface area contributed by atoms with Crippen molar-refractivity contribution >= 4 is 43.2 Å². The lowest BCUT2D eigenvalue weighted by Crippen LogP contribution is -2.42. The molecule has 0 bridgehead atoms. The van der Waals surface area contributed by atoms with Gasteiger partial charge in [0.1, 0.15) is 32.9 Å². The standard InChI is InChI=1S/C20H17F2N3O4S.C20H27N3O4S/c1-29-16-9-15(11-23-12-16)25-30(27,28)19-5-3-2-4-17(19)20(26)24-10-13-6-7-14(21)8-18(13)22;1-13(2)19(14(3)4)22-20(24)17-8-6-7-9-18(17)28(25,26)23-15-10-16(27-5)12-21-11-15/h2-9,11-12,25H,10H2,1H3,(H,24,26);6-14,19,23H,1-5H3,(H,22,24). The molecule has 0 unspecified atom stereocenters. The molecule has 5 rings (SSSR count). The molecule has 0 aliphatic rings. The highest BCUT2D eigenvalue weighted by atomic mass is 32.2. The number of sulfonamides is 2. The number of anilines is 2. The number of hydrogen-bond acceptors (Lipinski definition) is 10. The normalized spacial score (nSPS) is 11.4. The van der Waals surface area contributed by atoms with E-state index in [-0.39, 0.29) is 62.3 Å². The number of methoxy groups -OCH3 is 2. The molecule has 2 heterocycles. The lowest BCUT2D eigenvalue weighted by atomic mass is 9.93. The van der Waals surface area contributed by atoms with Crippen molar-refractivity contribution in [1.29, 1.82) is 0 Å². The molecule has 3 aromatic carbocycles. The number of pyridine rings is 2. The number of carbonyl (C=O) groups excluding carboxylic acids is 2. The number of benzene rings is 3. The molecule has 308 valence electrons. The molecule has 0 fully saturated rings. The first-order valence-electron chi connectivity index (χ1n) is 17.7. The van der Waals surface area contributed by atoms with Gasteiger partial charge in [-0.25, -0.2) is 25.6 Å². The Morgan fingerprint density at radius 1 is 0.655 bits per heavy atom. The summed E-state index contributed by atoms with van der Waals surface area (Å²) < 4.78 is 93.1. The van der Waals surface area contributed by atoms with Crippen molar-refractivity contribution in [1.82, 2.24) is 20.6 Å². The highest BCUT2D eigenvalue weighted by molar-refractivity contribution is 7.93. The molecule has 0 radical (unpaired) electrons. The maximum atomic E-state index is 13.8. The molecule has 2 amide bonds. The van der Waals surface area contributed by atoms with Crippen LogP contribution in [0.2, 0.25) is 0 Å². The highest BCUT2D eigenvalue weighted by Gasteiger charge is 2.27. The van der Waals surface area contributed by atoms with E-state index in [1.54, 1.807) is 12.1 Å². The molecular formula is C40H44F2N6O8S2. The fraction of sp³-hybridized carbons (Fsp3) is 0.250. The summed E-state index contributed by atoms with van der Waals surface area (Å²) in [5, 5.41) is 5.41. The maximum Gasteiger partial charge on any atom is 0.262 e. The van der Waals surface area contributed by atoms with Crippen LogP contribution in [-0.2, 0) is 26.6 Å². The van der Waals surface area contributed by atoms with Crippen molar-refractivity contribution in [3.63, 3.8) is 0 Å². The van der Waals surface area contributed by atoms with Gasteiger partial charge in [0.15, 0.2) is 0 Å². The first-order chi connectivity index (χ1) is 27.4. The number of aromatic nitrogens is 2. The number of carbonyl (C=O) groups is 2. The van der Waals surface area contributed by atoms with E-state index in [0.29, 0.717) is 17.6 Å². The number of nitrogens with zero attached hydrogens (tertiary/aromatic N) is 2. The van der Waals surface area contributed by atoms with E-state index < -0.39 is 43.5 Å². The zero-order valence-corrected chi connectivity index (χ0v) is 34.1. The van der Waals surface area contributed by atoms with Crippen LogP contribution in [0.25, 0.3) is 0 Å². The van der Waals surface area contributed by atoms with Crippen molar-refractivity contribution in [3.8, 4) is 11.5 Å². The van der Waals surface area contributed by atoms with E-state index >= 15 is 0 Å². The van der Waals surface area contributed by atoms with Gasteiger partial charge in [-0.05, 0) is 42.2 Å². The minimum Gasteiger partial charge on any atom is -0.495 e. The van der Waals surface area contributed by atoms with Crippen molar-refractivity contribution in [2.45, 2.75) is 50.1 Å². The molecular weight excluding hydrogens is 795 g/mol. The molecule has 58 heavy (non-hydrogen) atoms. The molecule has 0 spiro atoms. The first-order valence-corrected chi connectivity index (χ1v) is 20.7. The molecule has 5 aromatic rings. The summed E-state index contributed by atoms with van der Waals surface area (Å²) in [5.41, 5.74) is 0.418. The molecule has 0 saturated carbocycles. The average Bonchev–Trinajstić information content (AvgIpc) is 3.19. The quantitative estimate of drug-likeness (QED) is 0.0917. The van der Waals surface area contributed by atoms with Crippen LogP contribution in [0.5, 0.6) is 11.5 Å². The highest BCUT2D eigenvalue weighted by Crippen LogP contribution is 2.24. The number of hydrogen-bond donors (Lipinski definition) is 4. The van der Waals surface area contributed by atoms with Gasteiger partial charge in [0, 0.05) is 36.3 Å². The van der Waals surface area contributed by atoms with Crippen LogP contribution in [-0.4, -0.2) is 58.9 Å². The average molecular weight is 839 g/mol. The van der Waals surface area contributed by atoms with E-state index in [9.17, 15) is 35.2 Å². The Balaban J connectivity index is 0.000000257. The topological polar surface area (TPSA) is 195 Å². The fourth-order valence-corrected chi connectivity index (χ4v) is 8.12. The van der Waals surface area contributed by atoms with Crippen molar-refractivity contribution in [3.05, 3.63) is 132 Å². The number of amides is 2. The number of halogens is 2. The molecule has 0 aliphatic heterocycles. The molecule has 18 heteroatoms. The van der Waals surface area contributed by atoms with Crippen molar-refractivity contribution < 1.29 is 44.7 Å². The predicted octanol–water partition coefficient (Wildman–Crippen LogP) is 6.40. The van der Waals surface area contributed by atoms with Gasteiger partial charge < -0.3 is 20.1 Å². The summed E-state index contributed by atoms with van der Waals surface area (Å²) in [6, 6.07) is 17.5. The van der Waals surface area contributed by atoms with Crippen LogP contribution in [0.1, 0.15) is 54.0 Å². The summed E-state index contributed by atoms with van der Waals surface area (Å²) >= 11 is 0. The van der Waals surface area contributed by atoms with Crippen molar-refractivity contribution in [2.75, 3.05) is 23.7 Å². The maximum absolute atomic E-state index is 13.8. The zero-order chi connectivity index (χ0) is 42.6. The van der Waals surface area contributed by atoms with Gasteiger partial charge in [0.05, 0.1) is 61.5 Å². The Bertz CT molecular complexity index is 2440.